The van der Waals surface area contributed by atoms with Gasteiger partial charge in [-0.2, -0.15) is 5.10 Å². The minimum absolute atomic E-state index is 0.0474. The molecule has 0 aliphatic heterocycles. The van der Waals surface area contributed by atoms with Gasteiger partial charge in [-0.15, -0.1) is 0 Å². The van der Waals surface area contributed by atoms with Crippen molar-refractivity contribution in [3.05, 3.63) is 41.3 Å². The minimum atomic E-state index is -0.181. The summed E-state index contributed by atoms with van der Waals surface area (Å²) in [6.07, 6.45) is 2.01. The molecule has 0 atom stereocenters. The predicted molar refractivity (Wildman–Crippen MR) is 79.9 cm³/mol. The number of nitrogens with one attached hydrogen (secondary N) is 1. The molecule has 0 radical (unpaired) electrons. The number of hydrogen-bond acceptors (Lipinski definition) is 2. The number of rotatable bonds is 3. The maximum absolute atomic E-state index is 13.4. The topological polar surface area (TPSA) is 29.9 Å². The Hall–Kier alpha value is -1.68. The van der Waals surface area contributed by atoms with Gasteiger partial charge in [0.25, 0.3) is 0 Å². The summed E-state index contributed by atoms with van der Waals surface area (Å²) in [7, 11) is 1.90. The van der Waals surface area contributed by atoms with Crippen LogP contribution in [0.25, 0.3) is 11.3 Å². The summed E-state index contributed by atoms with van der Waals surface area (Å²) in [5.74, 6) is -0.181. The summed E-state index contributed by atoms with van der Waals surface area (Å²) in [5.41, 5.74) is 3.67. The van der Waals surface area contributed by atoms with Gasteiger partial charge >= 0.3 is 0 Å². The Morgan fingerprint density at radius 1 is 1.30 bits per heavy atom. The van der Waals surface area contributed by atoms with Gasteiger partial charge in [-0.1, -0.05) is 0 Å². The van der Waals surface area contributed by atoms with Crippen LogP contribution in [0.2, 0.25) is 0 Å². The lowest BCUT2D eigenvalue weighted by molar-refractivity contribution is 0.424. The number of nitrogens with zero attached hydrogens (tertiary/aromatic N) is 2. The van der Waals surface area contributed by atoms with Crippen LogP contribution in [0.1, 0.15) is 31.9 Å². The van der Waals surface area contributed by atoms with Gasteiger partial charge in [0.15, 0.2) is 0 Å². The Morgan fingerprint density at radius 2 is 2.00 bits per heavy atom. The van der Waals surface area contributed by atoms with Crippen molar-refractivity contribution in [2.45, 2.75) is 39.8 Å². The van der Waals surface area contributed by atoms with E-state index in [0.717, 1.165) is 23.4 Å². The first-order valence-corrected chi connectivity index (χ1v) is 6.80. The summed E-state index contributed by atoms with van der Waals surface area (Å²) in [6, 6.07) is 5.13. The fraction of sp³-hybridized carbons (Fsp3) is 0.438. The first-order chi connectivity index (χ1) is 9.26. The van der Waals surface area contributed by atoms with Gasteiger partial charge in [0.1, 0.15) is 5.82 Å². The molecule has 0 aliphatic rings. The molecule has 1 heterocycles. The maximum Gasteiger partial charge on any atom is 0.126 e. The summed E-state index contributed by atoms with van der Waals surface area (Å²) in [4.78, 5) is 0. The quantitative estimate of drug-likeness (QED) is 0.930. The number of hydrogen-bond donors (Lipinski definition) is 1. The molecule has 4 heteroatoms. The molecule has 0 unspecified atom stereocenters. The van der Waals surface area contributed by atoms with Crippen molar-refractivity contribution in [3.8, 4) is 11.3 Å². The van der Waals surface area contributed by atoms with Gasteiger partial charge in [-0.3, -0.25) is 4.68 Å². The molecule has 108 valence electrons. The Morgan fingerprint density at radius 3 is 2.60 bits per heavy atom. The largest absolute Gasteiger partial charge is 0.308 e. The van der Waals surface area contributed by atoms with Crippen LogP contribution in [0, 0.1) is 12.7 Å². The molecular weight excluding hydrogens is 253 g/mol. The minimum Gasteiger partial charge on any atom is -0.308 e. The summed E-state index contributed by atoms with van der Waals surface area (Å²) >= 11 is 0. The highest BCUT2D eigenvalue weighted by Gasteiger charge is 2.14. The molecule has 2 rings (SSSR count). The molecule has 0 aliphatic carbocycles. The highest BCUT2D eigenvalue weighted by atomic mass is 19.1. The molecular formula is C16H22FN3. The Bertz CT molecular complexity index is 609. The summed E-state index contributed by atoms with van der Waals surface area (Å²) in [6.45, 7) is 8.90. The van der Waals surface area contributed by atoms with Crippen molar-refractivity contribution in [1.82, 2.24) is 15.1 Å². The van der Waals surface area contributed by atoms with E-state index in [1.807, 2.05) is 19.3 Å². The molecule has 0 bridgehead atoms. The van der Waals surface area contributed by atoms with E-state index in [4.69, 9.17) is 0 Å². The normalized spacial score (nSPS) is 11.9. The van der Waals surface area contributed by atoms with Crippen LogP contribution in [-0.4, -0.2) is 15.3 Å². The van der Waals surface area contributed by atoms with Crippen molar-refractivity contribution < 1.29 is 4.39 Å². The van der Waals surface area contributed by atoms with Crippen LogP contribution in [-0.2, 0) is 13.6 Å². The van der Waals surface area contributed by atoms with Crippen LogP contribution in [0.3, 0.4) is 0 Å². The average molecular weight is 275 g/mol. The van der Waals surface area contributed by atoms with Gasteiger partial charge < -0.3 is 5.32 Å². The van der Waals surface area contributed by atoms with Gasteiger partial charge in [-0.25, -0.2) is 4.39 Å². The lowest BCUT2D eigenvalue weighted by Gasteiger charge is -2.20. The van der Waals surface area contributed by atoms with Crippen LogP contribution in [0.15, 0.2) is 24.4 Å². The van der Waals surface area contributed by atoms with E-state index >= 15 is 0 Å². The number of halogens is 1. The first kappa shape index (κ1) is 14.7. The second-order valence-corrected chi connectivity index (χ2v) is 6.24. The molecule has 0 fully saturated rings. The number of aromatic nitrogens is 2. The van der Waals surface area contributed by atoms with Crippen molar-refractivity contribution in [2.24, 2.45) is 7.05 Å². The van der Waals surface area contributed by atoms with Crippen molar-refractivity contribution in [1.29, 1.82) is 0 Å². The Kier molecular flexibility index (Phi) is 3.95. The molecule has 20 heavy (non-hydrogen) atoms. The van der Waals surface area contributed by atoms with Gasteiger partial charge in [0, 0.05) is 36.5 Å². The molecule has 0 saturated carbocycles. The van der Waals surface area contributed by atoms with Crippen molar-refractivity contribution in [2.75, 3.05) is 0 Å². The highest BCUT2D eigenvalue weighted by molar-refractivity contribution is 5.63. The first-order valence-electron chi connectivity index (χ1n) is 6.80. The fourth-order valence-electron chi connectivity index (χ4n) is 2.06. The molecule has 2 aromatic rings. The highest BCUT2D eigenvalue weighted by Crippen LogP contribution is 2.24. The van der Waals surface area contributed by atoms with E-state index < -0.39 is 0 Å². The zero-order valence-electron chi connectivity index (χ0n) is 12.8. The smallest absolute Gasteiger partial charge is 0.126 e. The molecule has 1 N–H and O–H groups in total. The van der Waals surface area contributed by atoms with Gasteiger partial charge in [0.05, 0.1) is 5.69 Å². The molecule has 0 saturated heterocycles. The molecule has 1 aromatic carbocycles. The van der Waals surface area contributed by atoms with E-state index in [-0.39, 0.29) is 11.4 Å². The van der Waals surface area contributed by atoms with Crippen molar-refractivity contribution in [3.63, 3.8) is 0 Å². The zero-order chi connectivity index (χ0) is 14.9. The standard InChI is InChI=1S/C16H22FN3/c1-11-8-12(6-7-14(11)17)15-13(10-20(5)19-15)9-18-16(2,3)4/h6-8,10,18H,9H2,1-5H3. The summed E-state index contributed by atoms with van der Waals surface area (Å²) < 4.78 is 15.2. The summed E-state index contributed by atoms with van der Waals surface area (Å²) in [5, 5.41) is 7.97. The van der Waals surface area contributed by atoms with Gasteiger partial charge in [0.2, 0.25) is 0 Å². The fourth-order valence-corrected chi connectivity index (χ4v) is 2.06. The lowest BCUT2D eigenvalue weighted by Crippen LogP contribution is -2.35. The van der Waals surface area contributed by atoms with E-state index in [9.17, 15) is 4.39 Å². The van der Waals surface area contributed by atoms with Crippen LogP contribution < -0.4 is 5.32 Å². The van der Waals surface area contributed by atoms with Crippen LogP contribution >= 0.6 is 0 Å². The van der Waals surface area contributed by atoms with Crippen molar-refractivity contribution >= 4 is 0 Å². The second-order valence-electron chi connectivity index (χ2n) is 6.24. The van der Waals surface area contributed by atoms with E-state index in [0.29, 0.717) is 5.56 Å². The molecule has 0 amide bonds. The lowest BCUT2D eigenvalue weighted by atomic mass is 10.0. The van der Waals surface area contributed by atoms with Crippen LogP contribution in [0.5, 0.6) is 0 Å². The Labute approximate surface area is 119 Å². The zero-order valence-corrected chi connectivity index (χ0v) is 12.8. The third-order valence-electron chi connectivity index (χ3n) is 3.15. The average Bonchev–Trinajstić information content (AvgIpc) is 2.71. The number of aryl methyl sites for hydroxylation is 2. The molecule has 3 nitrogen and oxygen atoms in total. The molecule has 1 aromatic heterocycles. The third-order valence-corrected chi connectivity index (χ3v) is 3.15. The predicted octanol–water partition coefficient (Wildman–Crippen LogP) is 3.42. The van der Waals surface area contributed by atoms with E-state index in [1.165, 1.54) is 6.07 Å². The monoisotopic (exact) mass is 275 g/mol. The molecule has 0 spiro atoms. The second kappa shape index (κ2) is 5.37. The third kappa shape index (κ3) is 3.45. The Balaban J connectivity index is 2.33. The SMILES string of the molecule is Cc1cc(-c2nn(C)cc2CNC(C)(C)C)ccc1F. The van der Waals surface area contributed by atoms with E-state index in [2.05, 4.69) is 31.2 Å². The van der Waals surface area contributed by atoms with Gasteiger partial charge in [-0.05, 0) is 51.5 Å². The van der Waals surface area contributed by atoms with E-state index in [1.54, 1.807) is 17.7 Å². The van der Waals surface area contributed by atoms with Crippen LogP contribution in [0.4, 0.5) is 4.39 Å². The maximum atomic E-state index is 13.4. The number of benzene rings is 1.